The molecule has 34 heavy (non-hydrogen) atoms. The first-order valence-electron chi connectivity index (χ1n) is 10.8. The maximum absolute atomic E-state index is 5.50. The summed E-state index contributed by atoms with van der Waals surface area (Å²) in [6, 6.07) is 18.3. The van der Waals surface area contributed by atoms with Crippen LogP contribution in [0, 0.1) is 13.8 Å². The summed E-state index contributed by atoms with van der Waals surface area (Å²) < 4.78 is 7.61. The third-order valence-corrected chi connectivity index (χ3v) is 7.45. The minimum atomic E-state index is 0.685. The molecule has 3 heterocycles. The van der Waals surface area contributed by atoms with Crippen molar-refractivity contribution in [2.45, 2.75) is 24.8 Å². The number of hydrogen-bond acceptors (Lipinski definition) is 7. The Balaban J connectivity index is 1.46. The molecule has 0 aliphatic carbocycles. The molecule has 3 aromatic heterocycles. The molecular formula is C26H23N5OS2. The lowest BCUT2D eigenvalue weighted by molar-refractivity contribution is 0.416. The zero-order valence-corrected chi connectivity index (χ0v) is 20.7. The van der Waals surface area contributed by atoms with Gasteiger partial charge < -0.3 is 4.74 Å². The van der Waals surface area contributed by atoms with Crippen molar-refractivity contribution in [1.82, 2.24) is 24.7 Å². The maximum Gasteiger partial charge on any atom is 0.196 e. The molecule has 5 rings (SSSR count). The van der Waals surface area contributed by atoms with Crippen molar-refractivity contribution in [2.75, 3.05) is 7.11 Å². The second-order valence-corrected chi connectivity index (χ2v) is 9.58. The Hall–Kier alpha value is -3.49. The first kappa shape index (κ1) is 22.3. The highest BCUT2D eigenvalue weighted by Crippen LogP contribution is 2.34. The Morgan fingerprint density at radius 2 is 1.79 bits per heavy atom. The van der Waals surface area contributed by atoms with Crippen molar-refractivity contribution in [3.8, 4) is 33.4 Å². The van der Waals surface area contributed by atoms with E-state index in [1.165, 1.54) is 11.1 Å². The molecule has 170 valence electrons. The standard InChI is InChI=1S/C26H23N5OS2/c1-17-8-9-21(14-18(17)2)31-24(19-10-12-27-13-11-19)29-30-26(31)34-16-20-15-33-25(28-20)22-6-4-5-7-23(22)32-3/h4-15H,16H2,1-3H3. The smallest absolute Gasteiger partial charge is 0.196 e. The molecule has 0 unspecified atom stereocenters. The van der Waals surface area contributed by atoms with Crippen molar-refractivity contribution >= 4 is 23.1 Å². The first-order valence-corrected chi connectivity index (χ1v) is 12.6. The van der Waals surface area contributed by atoms with E-state index >= 15 is 0 Å². The third-order valence-electron chi connectivity index (χ3n) is 5.56. The van der Waals surface area contributed by atoms with Gasteiger partial charge in [-0.05, 0) is 61.4 Å². The number of methoxy groups -OCH3 is 1. The van der Waals surface area contributed by atoms with Gasteiger partial charge in [-0.1, -0.05) is 30.0 Å². The number of ether oxygens (including phenoxy) is 1. The molecule has 6 nitrogen and oxygen atoms in total. The molecule has 0 amide bonds. The van der Waals surface area contributed by atoms with Gasteiger partial charge in [-0.15, -0.1) is 21.5 Å². The van der Waals surface area contributed by atoms with Crippen LogP contribution in [0.25, 0.3) is 27.6 Å². The quantitative estimate of drug-likeness (QED) is 0.250. The highest BCUT2D eigenvalue weighted by Gasteiger charge is 2.18. The normalized spacial score (nSPS) is 11.0. The average molecular weight is 486 g/mol. The summed E-state index contributed by atoms with van der Waals surface area (Å²) in [5.74, 6) is 2.30. The van der Waals surface area contributed by atoms with Crippen LogP contribution in [0.15, 0.2) is 77.5 Å². The van der Waals surface area contributed by atoms with Crippen LogP contribution in [-0.4, -0.2) is 31.8 Å². The Labute approximate surface area is 206 Å². The Morgan fingerprint density at radius 3 is 2.59 bits per heavy atom. The van der Waals surface area contributed by atoms with Crippen molar-refractivity contribution in [3.63, 3.8) is 0 Å². The molecule has 0 spiro atoms. The maximum atomic E-state index is 5.50. The van der Waals surface area contributed by atoms with Crippen LogP contribution in [0.3, 0.4) is 0 Å². The third kappa shape index (κ3) is 4.47. The summed E-state index contributed by atoms with van der Waals surface area (Å²) in [6.07, 6.45) is 3.55. The fraction of sp³-hybridized carbons (Fsp3) is 0.154. The predicted octanol–water partition coefficient (Wildman–Crippen LogP) is 6.37. The van der Waals surface area contributed by atoms with E-state index in [-0.39, 0.29) is 0 Å². The van der Waals surface area contributed by atoms with Gasteiger partial charge in [-0.2, -0.15) is 0 Å². The molecule has 0 bridgehead atoms. The molecule has 0 radical (unpaired) electrons. The number of rotatable bonds is 7. The predicted molar refractivity (Wildman–Crippen MR) is 138 cm³/mol. The molecule has 0 aliphatic rings. The van der Waals surface area contributed by atoms with Crippen LogP contribution in [0.1, 0.15) is 16.8 Å². The van der Waals surface area contributed by atoms with Crippen molar-refractivity contribution in [3.05, 3.63) is 89.2 Å². The van der Waals surface area contributed by atoms with E-state index in [1.807, 2.05) is 36.4 Å². The highest BCUT2D eigenvalue weighted by atomic mass is 32.2. The van der Waals surface area contributed by atoms with Crippen molar-refractivity contribution in [1.29, 1.82) is 0 Å². The number of thiazole rings is 1. The SMILES string of the molecule is COc1ccccc1-c1nc(CSc2nnc(-c3ccncc3)n2-c2ccc(C)c(C)c2)cs1. The van der Waals surface area contributed by atoms with E-state index < -0.39 is 0 Å². The van der Waals surface area contributed by atoms with Gasteiger partial charge in [0.1, 0.15) is 10.8 Å². The topological polar surface area (TPSA) is 65.7 Å². The Morgan fingerprint density at radius 1 is 0.971 bits per heavy atom. The van der Waals surface area contributed by atoms with Gasteiger partial charge in [-0.25, -0.2) is 4.98 Å². The van der Waals surface area contributed by atoms with E-state index in [4.69, 9.17) is 9.72 Å². The fourth-order valence-electron chi connectivity index (χ4n) is 3.61. The van der Waals surface area contributed by atoms with Gasteiger partial charge in [0.15, 0.2) is 11.0 Å². The van der Waals surface area contributed by atoms with Gasteiger partial charge >= 0.3 is 0 Å². The summed E-state index contributed by atoms with van der Waals surface area (Å²) in [6.45, 7) is 4.24. The number of aromatic nitrogens is 5. The summed E-state index contributed by atoms with van der Waals surface area (Å²) in [5, 5.41) is 12.9. The van der Waals surface area contributed by atoms with Crippen LogP contribution in [-0.2, 0) is 5.75 Å². The minimum Gasteiger partial charge on any atom is -0.496 e. The summed E-state index contributed by atoms with van der Waals surface area (Å²) >= 11 is 3.24. The van der Waals surface area contributed by atoms with Gasteiger partial charge in [0, 0.05) is 29.1 Å². The van der Waals surface area contributed by atoms with E-state index in [1.54, 1.807) is 42.6 Å². The highest BCUT2D eigenvalue weighted by molar-refractivity contribution is 7.98. The lowest BCUT2D eigenvalue weighted by atomic mass is 10.1. The second-order valence-electron chi connectivity index (χ2n) is 7.78. The Bertz CT molecular complexity index is 1430. The van der Waals surface area contributed by atoms with Gasteiger partial charge in [0.25, 0.3) is 0 Å². The number of thioether (sulfide) groups is 1. The molecule has 8 heteroatoms. The number of benzene rings is 2. The lowest BCUT2D eigenvalue weighted by Gasteiger charge is -2.12. The molecule has 0 saturated heterocycles. The number of pyridine rings is 1. The molecule has 0 atom stereocenters. The molecule has 0 aliphatic heterocycles. The van der Waals surface area contributed by atoms with Gasteiger partial charge in [-0.3, -0.25) is 9.55 Å². The molecule has 0 saturated carbocycles. The minimum absolute atomic E-state index is 0.685. The van der Waals surface area contributed by atoms with Crippen LogP contribution >= 0.6 is 23.1 Å². The number of nitrogens with zero attached hydrogens (tertiary/aromatic N) is 5. The van der Waals surface area contributed by atoms with Crippen LogP contribution in [0.4, 0.5) is 0 Å². The zero-order chi connectivity index (χ0) is 23.5. The van der Waals surface area contributed by atoms with E-state index in [0.717, 1.165) is 44.2 Å². The molecule has 2 aromatic carbocycles. The molecule has 5 aromatic rings. The van der Waals surface area contributed by atoms with E-state index in [2.05, 4.69) is 57.2 Å². The van der Waals surface area contributed by atoms with Crippen LogP contribution in [0.2, 0.25) is 0 Å². The molecule has 0 fully saturated rings. The first-order chi connectivity index (χ1) is 16.6. The number of aryl methyl sites for hydroxylation is 2. The number of hydrogen-bond donors (Lipinski definition) is 0. The van der Waals surface area contributed by atoms with E-state index in [0.29, 0.717) is 5.75 Å². The Kier molecular flexibility index (Phi) is 6.42. The number of para-hydroxylation sites is 1. The summed E-state index contributed by atoms with van der Waals surface area (Å²) in [4.78, 5) is 8.99. The van der Waals surface area contributed by atoms with Crippen LogP contribution in [0.5, 0.6) is 5.75 Å². The van der Waals surface area contributed by atoms with E-state index in [9.17, 15) is 0 Å². The van der Waals surface area contributed by atoms with Gasteiger partial charge in [0.05, 0.1) is 24.1 Å². The van der Waals surface area contributed by atoms with Crippen LogP contribution < -0.4 is 4.74 Å². The fourth-order valence-corrected chi connectivity index (χ4v) is 5.40. The zero-order valence-electron chi connectivity index (χ0n) is 19.1. The molecule has 0 N–H and O–H groups in total. The van der Waals surface area contributed by atoms with Crippen molar-refractivity contribution < 1.29 is 4.74 Å². The summed E-state index contributed by atoms with van der Waals surface area (Å²) in [5.41, 5.74) is 6.49. The van der Waals surface area contributed by atoms with Crippen molar-refractivity contribution in [2.24, 2.45) is 0 Å². The lowest BCUT2D eigenvalue weighted by Crippen LogP contribution is -2.01. The average Bonchev–Trinajstić information content (AvgIpc) is 3.52. The monoisotopic (exact) mass is 485 g/mol. The second kappa shape index (κ2) is 9.79. The summed E-state index contributed by atoms with van der Waals surface area (Å²) in [7, 11) is 1.68. The van der Waals surface area contributed by atoms with Gasteiger partial charge in [0.2, 0.25) is 0 Å². The largest absolute Gasteiger partial charge is 0.496 e. The molecular weight excluding hydrogens is 462 g/mol.